The van der Waals surface area contributed by atoms with Gasteiger partial charge in [-0.25, -0.2) is 0 Å². The number of halogens is 1. The molecule has 114 valence electrons. The number of carbonyl (C=O) groups excluding carboxylic acids is 3. The lowest BCUT2D eigenvalue weighted by Crippen LogP contribution is -2.40. The van der Waals surface area contributed by atoms with Crippen molar-refractivity contribution in [2.24, 2.45) is 0 Å². The van der Waals surface area contributed by atoms with Crippen LogP contribution in [-0.4, -0.2) is 50.1 Å². The normalized spacial score (nSPS) is 9.90. The lowest BCUT2D eigenvalue weighted by molar-refractivity contribution is -0.144. The molecule has 7 heteroatoms. The number of benzene rings is 1. The SMILES string of the molecule is COC(=O)CN(CC(=O)OC)C(=O)c1ccc(Cl)c(C)c1. The van der Waals surface area contributed by atoms with Crippen LogP contribution in [0.1, 0.15) is 15.9 Å². The van der Waals surface area contributed by atoms with Crippen LogP contribution in [0.3, 0.4) is 0 Å². The molecule has 0 aliphatic rings. The van der Waals surface area contributed by atoms with E-state index in [9.17, 15) is 14.4 Å². The summed E-state index contributed by atoms with van der Waals surface area (Å²) < 4.78 is 9.04. The number of hydrogen-bond acceptors (Lipinski definition) is 5. The van der Waals surface area contributed by atoms with Crippen LogP contribution in [0.25, 0.3) is 0 Å². The second-order valence-electron chi connectivity index (χ2n) is 4.28. The number of ether oxygens (including phenoxy) is 2. The molecule has 0 fully saturated rings. The van der Waals surface area contributed by atoms with E-state index in [4.69, 9.17) is 11.6 Å². The highest BCUT2D eigenvalue weighted by molar-refractivity contribution is 6.31. The van der Waals surface area contributed by atoms with Gasteiger partial charge in [0.15, 0.2) is 0 Å². The van der Waals surface area contributed by atoms with Gasteiger partial charge < -0.3 is 14.4 Å². The van der Waals surface area contributed by atoms with Gasteiger partial charge >= 0.3 is 11.9 Å². The maximum absolute atomic E-state index is 12.4. The van der Waals surface area contributed by atoms with E-state index in [2.05, 4.69) is 9.47 Å². The lowest BCUT2D eigenvalue weighted by atomic mass is 10.1. The summed E-state index contributed by atoms with van der Waals surface area (Å²) in [5.74, 6) is -1.73. The topological polar surface area (TPSA) is 72.9 Å². The Kier molecular flexibility index (Phi) is 6.17. The number of aryl methyl sites for hydroxylation is 1. The Morgan fingerprint density at radius 3 is 2.05 bits per heavy atom. The van der Waals surface area contributed by atoms with Crippen LogP contribution < -0.4 is 0 Å². The zero-order valence-electron chi connectivity index (χ0n) is 12.0. The van der Waals surface area contributed by atoms with Crippen molar-refractivity contribution >= 4 is 29.4 Å². The second kappa shape index (κ2) is 7.64. The van der Waals surface area contributed by atoms with Gasteiger partial charge in [0.2, 0.25) is 0 Å². The number of hydrogen-bond donors (Lipinski definition) is 0. The van der Waals surface area contributed by atoms with E-state index in [1.165, 1.54) is 20.3 Å². The average Bonchev–Trinajstić information content (AvgIpc) is 2.48. The Morgan fingerprint density at radius 1 is 1.10 bits per heavy atom. The van der Waals surface area contributed by atoms with E-state index in [1.54, 1.807) is 19.1 Å². The Labute approximate surface area is 127 Å². The molecule has 0 spiro atoms. The van der Waals surface area contributed by atoms with Gasteiger partial charge in [0.25, 0.3) is 5.91 Å². The standard InChI is InChI=1S/C14H16ClNO5/c1-9-6-10(4-5-11(9)15)14(19)16(7-12(17)20-2)8-13(18)21-3/h4-6H,7-8H2,1-3H3. The van der Waals surface area contributed by atoms with Crippen molar-refractivity contribution in [1.82, 2.24) is 4.90 Å². The summed E-state index contributed by atoms with van der Waals surface area (Å²) in [5.41, 5.74) is 1.04. The molecule has 0 bridgehead atoms. The van der Waals surface area contributed by atoms with Crippen molar-refractivity contribution in [3.8, 4) is 0 Å². The number of esters is 2. The first-order valence-electron chi connectivity index (χ1n) is 6.08. The van der Waals surface area contributed by atoms with E-state index in [0.29, 0.717) is 10.6 Å². The third-order valence-corrected chi connectivity index (χ3v) is 3.21. The number of amides is 1. The first-order chi connectivity index (χ1) is 9.88. The summed E-state index contributed by atoms with van der Waals surface area (Å²) in [7, 11) is 2.41. The minimum Gasteiger partial charge on any atom is -0.468 e. The number of rotatable bonds is 5. The summed E-state index contributed by atoms with van der Waals surface area (Å²) >= 11 is 5.91. The lowest BCUT2D eigenvalue weighted by Gasteiger charge is -2.20. The molecular weight excluding hydrogens is 298 g/mol. The smallest absolute Gasteiger partial charge is 0.325 e. The summed E-state index contributed by atoms with van der Waals surface area (Å²) in [6.07, 6.45) is 0. The van der Waals surface area contributed by atoms with Crippen LogP contribution in [0.15, 0.2) is 18.2 Å². The second-order valence-corrected chi connectivity index (χ2v) is 4.68. The van der Waals surface area contributed by atoms with Crippen molar-refractivity contribution in [3.63, 3.8) is 0 Å². The van der Waals surface area contributed by atoms with Gasteiger partial charge in [0.05, 0.1) is 14.2 Å². The molecule has 0 saturated carbocycles. The van der Waals surface area contributed by atoms with Crippen LogP contribution in [0.5, 0.6) is 0 Å². The molecule has 0 aliphatic heterocycles. The van der Waals surface area contributed by atoms with E-state index >= 15 is 0 Å². The molecule has 21 heavy (non-hydrogen) atoms. The van der Waals surface area contributed by atoms with E-state index in [1.807, 2.05) is 0 Å². The molecular formula is C14H16ClNO5. The van der Waals surface area contributed by atoms with Gasteiger partial charge in [0, 0.05) is 10.6 Å². The molecule has 0 saturated heterocycles. The highest BCUT2D eigenvalue weighted by Crippen LogP contribution is 2.17. The highest BCUT2D eigenvalue weighted by Gasteiger charge is 2.22. The van der Waals surface area contributed by atoms with Crippen LogP contribution in [0.4, 0.5) is 0 Å². The van der Waals surface area contributed by atoms with Crippen molar-refractivity contribution in [1.29, 1.82) is 0 Å². The first-order valence-corrected chi connectivity index (χ1v) is 6.46. The molecule has 1 aromatic carbocycles. The van der Waals surface area contributed by atoms with E-state index < -0.39 is 17.8 Å². The fraction of sp³-hybridized carbons (Fsp3) is 0.357. The van der Waals surface area contributed by atoms with E-state index in [0.717, 1.165) is 10.5 Å². The highest BCUT2D eigenvalue weighted by atomic mass is 35.5. The molecule has 0 radical (unpaired) electrons. The molecule has 0 aromatic heterocycles. The Balaban J connectivity index is 2.99. The predicted molar refractivity (Wildman–Crippen MR) is 76.1 cm³/mol. The molecule has 0 N–H and O–H groups in total. The van der Waals surface area contributed by atoms with Gasteiger partial charge in [-0.1, -0.05) is 11.6 Å². The average molecular weight is 314 g/mol. The van der Waals surface area contributed by atoms with E-state index in [-0.39, 0.29) is 13.1 Å². The van der Waals surface area contributed by atoms with Gasteiger partial charge in [0.1, 0.15) is 13.1 Å². The first kappa shape index (κ1) is 17.0. The number of nitrogens with zero attached hydrogens (tertiary/aromatic N) is 1. The quantitative estimate of drug-likeness (QED) is 0.769. The maximum Gasteiger partial charge on any atom is 0.325 e. The minimum atomic E-state index is -0.627. The largest absolute Gasteiger partial charge is 0.468 e. The molecule has 0 aliphatic carbocycles. The Bertz CT molecular complexity index is 540. The van der Waals surface area contributed by atoms with Crippen LogP contribution in [0, 0.1) is 6.92 Å². The summed E-state index contributed by atoms with van der Waals surface area (Å²) in [6, 6.07) is 4.70. The molecule has 0 heterocycles. The van der Waals surface area contributed by atoms with Crippen molar-refractivity contribution in [2.45, 2.75) is 6.92 Å². The predicted octanol–water partition coefficient (Wildman–Crippen LogP) is 1.44. The van der Waals surface area contributed by atoms with Crippen LogP contribution in [-0.2, 0) is 19.1 Å². The van der Waals surface area contributed by atoms with Crippen LogP contribution >= 0.6 is 11.6 Å². The van der Waals surface area contributed by atoms with Gasteiger partial charge in [-0.3, -0.25) is 14.4 Å². The fourth-order valence-electron chi connectivity index (χ4n) is 1.60. The molecule has 0 atom stereocenters. The fourth-order valence-corrected chi connectivity index (χ4v) is 1.72. The number of carbonyl (C=O) groups is 3. The van der Waals surface area contributed by atoms with Gasteiger partial charge in [-0.15, -0.1) is 0 Å². The zero-order chi connectivity index (χ0) is 16.0. The Morgan fingerprint density at radius 2 is 1.62 bits per heavy atom. The molecule has 0 unspecified atom stereocenters. The maximum atomic E-state index is 12.4. The molecule has 6 nitrogen and oxygen atoms in total. The summed E-state index contributed by atoms with van der Waals surface area (Å²) in [4.78, 5) is 36.2. The van der Waals surface area contributed by atoms with Gasteiger partial charge in [-0.2, -0.15) is 0 Å². The van der Waals surface area contributed by atoms with Crippen LogP contribution in [0.2, 0.25) is 5.02 Å². The van der Waals surface area contributed by atoms with Gasteiger partial charge in [-0.05, 0) is 30.7 Å². The summed E-state index contributed by atoms with van der Waals surface area (Å²) in [6.45, 7) is 1.07. The van der Waals surface area contributed by atoms with Crippen molar-refractivity contribution < 1.29 is 23.9 Å². The van der Waals surface area contributed by atoms with Crippen molar-refractivity contribution in [2.75, 3.05) is 27.3 Å². The zero-order valence-corrected chi connectivity index (χ0v) is 12.8. The third-order valence-electron chi connectivity index (χ3n) is 2.79. The van der Waals surface area contributed by atoms with Crippen molar-refractivity contribution in [3.05, 3.63) is 34.3 Å². The summed E-state index contributed by atoms with van der Waals surface area (Å²) in [5, 5.41) is 0.527. The molecule has 1 rings (SSSR count). The monoisotopic (exact) mass is 313 g/mol. The molecule has 1 amide bonds. The Hall–Kier alpha value is -2.08. The number of methoxy groups -OCH3 is 2. The third kappa shape index (κ3) is 4.75. The molecule has 1 aromatic rings. The minimum absolute atomic E-state index is 0.324.